The van der Waals surface area contributed by atoms with Gasteiger partial charge in [0.15, 0.2) is 0 Å². The van der Waals surface area contributed by atoms with Crippen LogP contribution in [0.15, 0.2) is 36.4 Å². The summed E-state index contributed by atoms with van der Waals surface area (Å²) < 4.78 is 5.35. The van der Waals surface area contributed by atoms with Gasteiger partial charge in [-0.25, -0.2) is 14.8 Å². The standard InChI is InChI=1S/C20H24N4O2/c1-14-11-18(23-19(22-14)16-7-9-21-10-8-16)24-17(13-26-20(24)25)12-15-5-3-2-4-6-15/h2-6,11,16-17,21H,7-10,12-13H2,1H3. The number of cyclic esters (lactones) is 1. The summed E-state index contributed by atoms with van der Waals surface area (Å²) in [6, 6.07) is 12.0. The molecule has 1 aromatic heterocycles. The van der Waals surface area contributed by atoms with Crippen molar-refractivity contribution in [2.45, 2.75) is 38.1 Å². The molecule has 0 spiro atoms. The molecule has 0 bridgehead atoms. The van der Waals surface area contributed by atoms with Gasteiger partial charge in [-0.2, -0.15) is 0 Å². The maximum absolute atomic E-state index is 12.4. The molecule has 1 aromatic carbocycles. The lowest BCUT2D eigenvalue weighted by atomic mass is 9.97. The maximum atomic E-state index is 12.4. The minimum atomic E-state index is -0.319. The Bertz CT molecular complexity index is 775. The summed E-state index contributed by atoms with van der Waals surface area (Å²) in [5, 5.41) is 3.37. The van der Waals surface area contributed by atoms with Crippen LogP contribution in [0.25, 0.3) is 0 Å². The Morgan fingerprint density at radius 2 is 1.96 bits per heavy atom. The number of aromatic nitrogens is 2. The molecular formula is C20H24N4O2. The van der Waals surface area contributed by atoms with E-state index in [1.54, 1.807) is 4.90 Å². The van der Waals surface area contributed by atoms with Crippen molar-refractivity contribution >= 4 is 11.9 Å². The van der Waals surface area contributed by atoms with Gasteiger partial charge in [0.2, 0.25) is 0 Å². The first-order chi connectivity index (χ1) is 12.7. The zero-order valence-corrected chi connectivity index (χ0v) is 15.0. The molecule has 2 aliphatic heterocycles. The summed E-state index contributed by atoms with van der Waals surface area (Å²) in [5.41, 5.74) is 2.08. The number of aryl methyl sites for hydroxylation is 1. The molecule has 0 radical (unpaired) electrons. The third-order valence-corrected chi connectivity index (χ3v) is 5.08. The number of hydrogen-bond donors (Lipinski definition) is 1. The van der Waals surface area contributed by atoms with E-state index in [1.165, 1.54) is 5.56 Å². The Labute approximate surface area is 153 Å². The normalized spacial score (nSPS) is 21.0. The van der Waals surface area contributed by atoms with Gasteiger partial charge in [0.05, 0.1) is 6.04 Å². The molecule has 6 heteroatoms. The van der Waals surface area contributed by atoms with Crippen molar-refractivity contribution < 1.29 is 9.53 Å². The fraction of sp³-hybridized carbons (Fsp3) is 0.450. The molecule has 2 saturated heterocycles. The highest BCUT2D eigenvalue weighted by molar-refractivity contribution is 5.89. The van der Waals surface area contributed by atoms with Crippen molar-refractivity contribution in [3.05, 3.63) is 53.5 Å². The predicted octanol–water partition coefficient (Wildman–Crippen LogP) is 2.82. The number of carbonyl (C=O) groups excluding carboxylic acids is 1. The van der Waals surface area contributed by atoms with Crippen LogP contribution < -0.4 is 10.2 Å². The highest BCUT2D eigenvalue weighted by Crippen LogP contribution is 2.28. The number of rotatable bonds is 4. The van der Waals surface area contributed by atoms with Crippen molar-refractivity contribution in [1.82, 2.24) is 15.3 Å². The van der Waals surface area contributed by atoms with Gasteiger partial charge < -0.3 is 10.1 Å². The molecular weight excluding hydrogens is 328 g/mol. The van der Waals surface area contributed by atoms with Crippen LogP contribution in [-0.4, -0.2) is 41.8 Å². The van der Waals surface area contributed by atoms with E-state index in [9.17, 15) is 4.79 Å². The van der Waals surface area contributed by atoms with Gasteiger partial charge in [-0.15, -0.1) is 0 Å². The zero-order chi connectivity index (χ0) is 17.9. The van der Waals surface area contributed by atoms with Crippen LogP contribution in [0.5, 0.6) is 0 Å². The van der Waals surface area contributed by atoms with E-state index < -0.39 is 0 Å². The fourth-order valence-corrected chi connectivity index (χ4v) is 3.74. The minimum Gasteiger partial charge on any atom is -0.447 e. The number of benzene rings is 1. The van der Waals surface area contributed by atoms with E-state index in [4.69, 9.17) is 9.72 Å². The fourth-order valence-electron chi connectivity index (χ4n) is 3.74. The largest absolute Gasteiger partial charge is 0.447 e. The number of nitrogens with one attached hydrogen (secondary N) is 1. The molecule has 2 fully saturated rings. The number of hydrogen-bond acceptors (Lipinski definition) is 5. The number of anilines is 1. The summed E-state index contributed by atoms with van der Waals surface area (Å²) in [5.74, 6) is 1.86. The second-order valence-electron chi connectivity index (χ2n) is 7.04. The Hall–Kier alpha value is -2.47. The van der Waals surface area contributed by atoms with E-state index in [0.29, 0.717) is 18.3 Å². The monoisotopic (exact) mass is 352 g/mol. The van der Waals surface area contributed by atoms with E-state index in [2.05, 4.69) is 22.4 Å². The van der Waals surface area contributed by atoms with Gasteiger partial charge >= 0.3 is 6.09 Å². The van der Waals surface area contributed by atoms with Gasteiger partial charge in [-0.05, 0) is 44.8 Å². The number of piperidine rings is 1. The summed E-state index contributed by atoms with van der Waals surface area (Å²) in [6.45, 7) is 4.32. The Balaban J connectivity index is 1.61. The van der Waals surface area contributed by atoms with Gasteiger partial charge in [0.25, 0.3) is 0 Å². The average molecular weight is 352 g/mol. The van der Waals surface area contributed by atoms with Gasteiger partial charge in [0, 0.05) is 17.7 Å². The van der Waals surface area contributed by atoms with Crippen molar-refractivity contribution in [2.75, 3.05) is 24.6 Å². The predicted molar refractivity (Wildman–Crippen MR) is 99.4 cm³/mol. The Morgan fingerprint density at radius 1 is 1.19 bits per heavy atom. The molecule has 1 amide bonds. The highest BCUT2D eigenvalue weighted by atomic mass is 16.6. The summed E-state index contributed by atoms with van der Waals surface area (Å²) >= 11 is 0. The summed E-state index contributed by atoms with van der Waals surface area (Å²) in [4.78, 5) is 23.5. The Kier molecular flexibility index (Phi) is 4.84. The Morgan fingerprint density at radius 3 is 2.73 bits per heavy atom. The molecule has 1 N–H and O–H groups in total. The molecule has 0 aliphatic carbocycles. The molecule has 3 heterocycles. The van der Waals surface area contributed by atoms with Gasteiger partial charge in [-0.1, -0.05) is 30.3 Å². The molecule has 136 valence electrons. The van der Waals surface area contributed by atoms with E-state index in [0.717, 1.165) is 43.9 Å². The third kappa shape index (κ3) is 3.55. The quantitative estimate of drug-likeness (QED) is 0.916. The summed E-state index contributed by atoms with van der Waals surface area (Å²) in [7, 11) is 0. The number of carbonyl (C=O) groups is 1. The number of nitrogens with zero attached hydrogens (tertiary/aromatic N) is 3. The molecule has 26 heavy (non-hydrogen) atoms. The van der Waals surface area contributed by atoms with Crippen LogP contribution >= 0.6 is 0 Å². The average Bonchev–Trinajstić information content (AvgIpc) is 3.03. The molecule has 0 saturated carbocycles. The number of amides is 1. The second kappa shape index (κ2) is 7.41. The smallest absolute Gasteiger partial charge is 0.415 e. The lowest BCUT2D eigenvalue weighted by Gasteiger charge is -2.25. The maximum Gasteiger partial charge on any atom is 0.415 e. The minimum absolute atomic E-state index is 0.0416. The van der Waals surface area contributed by atoms with Crippen molar-refractivity contribution in [2.24, 2.45) is 0 Å². The van der Waals surface area contributed by atoms with Crippen LogP contribution in [0.3, 0.4) is 0 Å². The molecule has 1 atom stereocenters. The first-order valence-corrected chi connectivity index (χ1v) is 9.27. The van der Waals surface area contributed by atoms with Crippen LogP contribution in [0.4, 0.5) is 10.6 Å². The van der Waals surface area contributed by atoms with E-state index in [1.807, 2.05) is 31.2 Å². The van der Waals surface area contributed by atoms with Crippen molar-refractivity contribution in [3.8, 4) is 0 Å². The zero-order valence-electron chi connectivity index (χ0n) is 15.0. The van der Waals surface area contributed by atoms with Crippen molar-refractivity contribution in [3.63, 3.8) is 0 Å². The van der Waals surface area contributed by atoms with Crippen LogP contribution in [-0.2, 0) is 11.2 Å². The van der Waals surface area contributed by atoms with Crippen molar-refractivity contribution in [1.29, 1.82) is 0 Å². The molecule has 2 aromatic rings. The van der Waals surface area contributed by atoms with Gasteiger partial charge in [-0.3, -0.25) is 4.90 Å². The SMILES string of the molecule is Cc1cc(N2C(=O)OCC2Cc2ccccc2)nc(C2CCNCC2)n1. The third-order valence-electron chi connectivity index (χ3n) is 5.08. The summed E-state index contributed by atoms with van der Waals surface area (Å²) in [6.07, 6.45) is 2.49. The highest BCUT2D eigenvalue weighted by Gasteiger charge is 2.36. The first kappa shape index (κ1) is 17.0. The molecule has 6 nitrogen and oxygen atoms in total. The topological polar surface area (TPSA) is 67.4 Å². The van der Waals surface area contributed by atoms with Crippen LogP contribution in [0, 0.1) is 6.92 Å². The first-order valence-electron chi connectivity index (χ1n) is 9.27. The van der Waals surface area contributed by atoms with Gasteiger partial charge in [0.1, 0.15) is 18.2 Å². The number of ether oxygens (including phenoxy) is 1. The molecule has 4 rings (SSSR count). The van der Waals surface area contributed by atoms with E-state index >= 15 is 0 Å². The molecule has 2 aliphatic rings. The lowest BCUT2D eigenvalue weighted by Crippen LogP contribution is -2.36. The van der Waals surface area contributed by atoms with Crippen LogP contribution in [0.1, 0.15) is 35.8 Å². The second-order valence-corrected chi connectivity index (χ2v) is 7.04. The lowest BCUT2D eigenvalue weighted by molar-refractivity contribution is 0.178. The van der Waals surface area contributed by atoms with Crippen LogP contribution in [0.2, 0.25) is 0 Å². The van der Waals surface area contributed by atoms with E-state index in [-0.39, 0.29) is 12.1 Å². The molecule has 1 unspecified atom stereocenters.